The first-order chi connectivity index (χ1) is 51.6. The Kier molecular flexibility index (Phi) is 26.0. The van der Waals surface area contributed by atoms with Gasteiger partial charge in [0.05, 0.1) is 0 Å². The number of aromatic nitrogens is 5. The minimum Gasteiger partial charge on any atom is -0.201 e. The van der Waals surface area contributed by atoms with Crippen molar-refractivity contribution in [1.82, 2.24) is 0 Å². The summed E-state index contributed by atoms with van der Waals surface area (Å²) in [4.78, 5) is 0. The molecule has 10 aromatic rings. The molecular formula is C96H138N5+5. The van der Waals surface area contributed by atoms with Gasteiger partial charge in [0.25, 0.3) is 0 Å². The van der Waals surface area contributed by atoms with E-state index in [1.165, 1.54) is 108 Å². The van der Waals surface area contributed by atoms with Gasteiger partial charge in [-0.3, -0.25) is 0 Å². The summed E-state index contributed by atoms with van der Waals surface area (Å²) >= 11 is 0. The average molecular weight is 1380 g/mol. The van der Waals surface area contributed by atoms with Crippen molar-refractivity contribution in [1.29, 1.82) is 0 Å². The Morgan fingerprint density at radius 3 is 1.11 bits per heavy atom. The molecule has 2 aliphatic carbocycles. The van der Waals surface area contributed by atoms with Crippen LogP contribution in [0, 0.1) is 68.1 Å². The molecule has 0 bridgehead atoms. The van der Waals surface area contributed by atoms with E-state index >= 15 is 0 Å². The summed E-state index contributed by atoms with van der Waals surface area (Å²) in [5, 5.41) is 0. The smallest absolute Gasteiger partial charge is 0.201 e. The summed E-state index contributed by atoms with van der Waals surface area (Å²) < 4.78 is 130. The molecule has 0 saturated heterocycles. The maximum atomic E-state index is 8.76. The van der Waals surface area contributed by atoms with Crippen molar-refractivity contribution in [2.24, 2.45) is 41.2 Å². The van der Waals surface area contributed by atoms with E-state index in [1.807, 2.05) is 106 Å². The van der Waals surface area contributed by atoms with Crippen molar-refractivity contribution in [2.45, 2.75) is 235 Å². The van der Waals surface area contributed by atoms with Crippen molar-refractivity contribution in [3.63, 3.8) is 0 Å². The second-order valence-corrected chi connectivity index (χ2v) is 27.3. The molecule has 5 heterocycles. The lowest BCUT2D eigenvalue weighted by molar-refractivity contribution is -0.661. The Labute approximate surface area is 639 Å². The molecule has 2 fully saturated rings. The molecular weight excluding hydrogens is 1220 g/mol. The summed E-state index contributed by atoms with van der Waals surface area (Å²) in [6.45, 7) is 18.1. The zero-order chi connectivity index (χ0) is 82.4. The van der Waals surface area contributed by atoms with Crippen LogP contribution in [0.3, 0.4) is 0 Å². The Balaban J connectivity index is 0.000000372. The van der Waals surface area contributed by atoms with Crippen LogP contribution in [-0.2, 0) is 48.0 Å². The molecule has 542 valence electrons. The predicted molar refractivity (Wildman–Crippen MR) is 440 cm³/mol. The van der Waals surface area contributed by atoms with Gasteiger partial charge in [0, 0.05) is 107 Å². The minimum absolute atomic E-state index is 0. The zero-order valence-electron chi connectivity index (χ0n) is 75.9. The molecule has 2 aliphatic rings. The maximum absolute atomic E-state index is 8.76. The lowest BCUT2D eigenvalue weighted by atomic mass is 9.93. The Morgan fingerprint density at radius 2 is 0.733 bits per heavy atom. The molecule has 5 nitrogen and oxygen atoms in total. The monoisotopic (exact) mass is 1380 g/mol. The normalized spacial score (nSPS) is 16.1. The molecule has 0 N–H and O–H groups in total. The highest BCUT2D eigenvalue weighted by Crippen LogP contribution is 2.38. The molecule has 0 aliphatic heterocycles. The summed E-state index contributed by atoms with van der Waals surface area (Å²) in [5.41, 5.74) is 24.3. The number of aryl methyl sites for hydroxylation is 15. The SMILES string of the molecule is C.C.C.C.C.Cc1ccccc1-c1cc(C)c(C2CCCC2)c[n+]1C.[2H]C([2H])(C)c1cc(-c2ccccc2C)[n+](C)cc1C([2H])(C)C([2H])([2H])[2H].[2H]C([2H])([2H])c1c[n+](C)c(-c2ccccc2C)cc1C(C)C.[2H]C([2H])([2H])c1c[n+](C)c(-c2ccccc2C)cc1C([2H])([2H])C(C)C.[2H]C1(c2c[n+](C)c(-c3ccccc3C)cc2C)CCCC1. The van der Waals surface area contributed by atoms with Gasteiger partial charge in [-0.25, -0.2) is 22.8 Å². The van der Waals surface area contributed by atoms with Gasteiger partial charge in [0.1, 0.15) is 35.2 Å². The third-order valence-electron chi connectivity index (χ3n) is 19.1. The third kappa shape index (κ3) is 22.2. The molecule has 5 heteroatoms. The van der Waals surface area contributed by atoms with E-state index in [1.54, 1.807) is 73.4 Å². The molecule has 101 heavy (non-hydrogen) atoms. The lowest BCUT2D eigenvalue weighted by Crippen LogP contribution is -2.32. The van der Waals surface area contributed by atoms with Crippen LogP contribution in [0.2, 0.25) is 0 Å². The van der Waals surface area contributed by atoms with Crippen molar-refractivity contribution in [2.75, 3.05) is 0 Å². The van der Waals surface area contributed by atoms with E-state index in [4.69, 9.17) is 20.6 Å². The minimum atomic E-state index is -2.57. The molecule has 0 spiro atoms. The summed E-state index contributed by atoms with van der Waals surface area (Å²) in [6.07, 6.45) is 15.8. The van der Waals surface area contributed by atoms with E-state index in [9.17, 15) is 0 Å². The molecule has 5 aromatic carbocycles. The van der Waals surface area contributed by atoms with Crippen LogP contribution in [-0.4, -0.2) is 0 Å². The largest absolute Gasteiger partial charge is 0.212 e. The van der Waals surface area contributed by atoms with Crippen LogP contribution in [0.1, 0.15) is 265 Å². The van der Waals surface area contributed by atoms with Crippen LogP contribution >= 0.6 is 0 Å². The molecule has 0 amide bonds. The summed E-state index contributed by atoms with van der Waals surface area (Å²) in [6, 6.07) is 50.9. The standard InChI is InChI=1S/2C19H24N.2C18H24N.C17H22N.5CH4/c2*1-14-8-4-7-11-17(14)19-12-15(2)18(13-20(19)3)16-9-5-6-10-16;1-13(2)10-16-11-18(19(5)12-15(16)4)17-9-7-6-8-14(17)3;1-6-15-11-18(16-10-8-7-9-14(16)4)19(5)12-17(15)13(2)3;1-12(2)16-10-17(18(5)11-14(16)4)15-9-7-6-8-13(15)3;;;;;/h2*4,7-8,11-13,16H,5-6,9-10H2,1-3H3;6-9,11-13H,10H2,1-5H3;7-13H,6H2,1-5H3;6-12H,1-5H3;5*1H4/q5*+1;;;;;/i16D;;4D3,10D2;2D3,6D2,13D;4D3;;;;;. The molecule has 12 rings (SSSR count). The Morgan fingerprint density at radius 1 is 0.396 bits per heavy atom. The van der Waals surface area contributed by atoms with Gasteiger partial charge in [-0.2, -0.15) is 0 Å². The van der Waals surface area contributed by atoms with Crippen LogP contribution in [0.25, 0.3) is 56.3 Å². The highest BCUT2D eigenvalue weighted by Gasteiger charge is 2.27. The van der Waals surface area contributed by atoms with Crippen molar-refractivity contribution in [3.8, 4) is 56.3 Å². The first-order valence-electron chi connectivity index (χ1n) is 42.1. The van der Waals surface area contributed by atoms with Crippen LogP contribution in [0.5, 0.6) is 0 Å². The van der Waals surface area contributed by atoms with Crippen molar-refractivity contribution < 1.29 is 43.4 Å². The van der Waals surface area contributed by atoms with Crippen LogP contribution in [0.15, 0.2) is 183 Å². The first-order valence-corrected chi connectivity index (χ1v) is 34.6. The number of hydrogen-bond acceptors (Lipinski definition) is 0. The van der Waals surface area contributed by atoms with E-state index in [0.717, 1.165) is 69.2 Å². The lowest BCUT2D eigenvalue weighted by Gasteiger charge is -2.13. The Hall–Kier alpha value is -8.15. The number of nitrogens with zero attached hydrogens (tertiary/aromatic N) is 5. The van der Waals surface area contributed by atoms with Gasteiger partial charge < -0.3 is 0 Å². The van der Waals surface area contributed by atoms with Gasteiger partial charge in [-0.15, -0.1) is 0 Å². The predicted octanol–water partition coefficient (Wildman–Crippen LogP) is 24.2. The zero-order valence-corrected chi connectivity index (χ0v) is 60.9. The second kappa shape index (κ2) is 40.5. The fraction of sp³-hybridized carbons (Fsp3) is 0.427. The highest BCUT2D eigenvalue weighted by atomic mass is 14.9. The first kappa shape index (κ1) is 64.9. The molecule has 1 atom stereocenters. The fourth-order valence-corrected chi connectivity index (χ4v) is 13.6. The molecule has 5 aromatic heterocycles. The number of rotatable bonds is 12. The van der Waals surface area contributed by atoms with Gasteiger partial charge in [0.15, 0.2) is 31.0 Å². The molecule has 1 unspecified atom stereocenters. The Bertz CT molecular complexity index is 4910. The quantitative estimate of drug-likeness (QED) is 0.109. The van der Waals surface area contributed by atoms with Crippen molar-refractivity contribution in [3.05, 3.63) is 266 Å². The topological polar surface area (TPSA) is 19.4 Å². The average Bonchev–Trinajstić information content (AvgIpc) is 0.904. The highest BCUT2D eigenvalue weighted by molar-refractivity contribution is 5.65. The number of hydrogen-bond donors (Lipinski definition) is 0. The van der Waals surface area contributed by atoms with Gasteiger partial charge in [-0.05, 0) is 216 Å². The molecule has 0 radical (unpaired) electrons. The van der Waals surface area contributed by atoms with Gasteiger partial charge >= 0.3 is 0 Å². The third-order valence-corrected chi connectivity index (χ3v) is 19.1. The van der Waals surface area contributed by atoms with E-state index < -0.39 is 39.2 Å². The van der Waals surface area contributed by atoms with Crippen LogP contribution < -0.4 is 22.8 Å². The van der Waals surface area contributed by atoms with Crippen LogP contribution in [0.4, 0.5) is 0 Å². The fourth-order valence-electron chi connectivity index (χ4n) is 13.6. The van der Waals surface area contributed by atoms with E-state index in [0.29, 0.717) is 5.56 Å². The summed E-state index contributed by atoms with van der Waals surface area (Å²) in [5.74, 6) is -1.66. The maximum Gasteiger partial charge on any atom is 0.212 e. The number of benzene rings is 5. The van der Waals surface area contributed by atoms with E-state index in [-0.39, 0.29) is 77.1 Å². The van der Waals surface area contributed by atoms with Gasteiger partial charge in [0.2, 0.25) is 28.5 Å². The van der Waals surface area contributed by atoms with Gasteiger partial charge in [-0.1, -0.05) is 202 Å². The van der Waals surface area contributed by atoms with E-state index in [2.05, 4.69) is 143 Å². The molecule has 2 saturated carbocycles. The van der Waals surface area contributed by atoms with Crippen molar-refractivity contribution >= 4 is 0 Å². The second-order valence-electron chi connectivity index (χ2n) is 27.3. The number of pyridine rings is 5. The summed E-state index contributed by atoms with van der Waals surface area (Å²) in [7, 11) is 9.77.